The maximum absolute atomic E-state index is 6.05. The third-order valence-corrected chi connectivity index (χ3v) is 3.67. The number of para-hydroxylation sites is 2. The highest BCUT2D eigenvalue weighted by Crippen LogP contribution is 2.29. The van der Waals surface area contributed by atoms with E-state index in [1.807, 2.05) is 42.5 Å². The lowest BCUT2D eigenvalue weighted by molar-refractivity contribution is 0.212. The highest BCUT2D eigenvalue weighted by molar-refractivity contribution is 5.58. The van der Waals surface area contributed by atoms with Gasteiger partial charge in [0.1, 0.15) is 17.6 Å². The summed E-state index contributed by atoms with van der Waals surface area (Å²) in [5.41, 5.74) is 2.19. The second-order valence-corrected chi connectivity index (χ2v) is 5.20. The van der Waals surface area contributed by atoms with Gasteiger partial charge in [-0.1, -0.05) is 18.2 Å². The molecule has 2 aromatic rings. The van der Waals surface area contributed by atoms with Crippen LogP contribution in [0.3, 0.4) is 0 Å². The van der Waals surface area contributed by atoms with Crippen molar-refractivity contribution in [2.45, 2.75) is 6.10 Å². The Bertz CT molecular complexity index is 615. The van der Waals surface area contributed by atoms with Gasteiger partial charge in [0.05, 0.1) is 25.9 Å². The molecule has 1 aliphatic rings. The summed E-state index contributed by atoms with van der Waals surface area (Å²) in [6.07, 6.45) is 0.121. The number of anilines is 2. The molecule has 0 aliphatic carbocycles. The molecule has 0 amide bonds. The fraction of sp³-hybridized carbons (Fsp3) is 0.294. The Hall–Kier alpha value is -2.36. The summed E-state index contributed by atoms with van der Waals surface area (Å²) in [4.78, 5) is 2.18. The van der Waals surface area contributed by atoms with Crippen molar-refractivity contribution in [1.29, 1.82) is 0 Å². The van der Waals surface area contributed by atoms with Gasteiger partial charge in [-0.3, -0.25) is 0 Å². The minimum Gasteiger partial charge on any atom is -0.497 e. The van der Waals surface area contributed by atoms with E-state index in [1.54, 1.807) is 7.11 Å². The van der Waals surface area contributed by atoms with Gasteiger partial charge in [-0.2, -0.15) is 0 Å². The van der Waals surface area contributed by atoms with Crippen molar-refractivity contribution in [1.82, 2.24) is 0 Å². The Morgan fingerprint density at radius 3 is 2.95 bits per heavy atom. The standard InChI is InChI=1S/C17H20N2O2/c1-19(13-6-5-7-14(10-13)20-2)12-15-11-18-16-8-3-4-9-17(16)21-15/h3-10,15,18H,11-12H2,1-2H3. The number of likely N-dealkylation sites (N-methyl/N-ethyl adjacent to an activating group) is 1. The van der Waals surface area contributed by atoms with Crippen molar-refractivity contribution in [2.24, 2.45) is 0 Å². The molecule has 0 radical (unpaired) electrons. The van der Waals surface area contributed by atoms with E-state index >= 15 is 0 Å². The number of hydrogen-bond donors (Lipinski definition) is 1. The minimum atomic E-state index is 0.121. The molecule has 0 fully saturated rings. The average molecular weight is 284 g/mol. The van der Waals surface area contributed by atoms with Crippen molar-refractivity contribution in [3.8, 4) is 11.5 Å². The van der Waals surface area contributed by atoms with Gasteiger partial charge >= 0.3 is 0 Å². The molecule has 21 heavy (non-hydrogen) atoms. The minimum absolute atomic E-state index is 0.121. The normalized spacial score (nSPS) is 16.4. The molecule has 1 atom stereocenters. The predicted octanol–water partition coefficient (Wildman–Crippen LogP) is 3.00. The number of nitrogens with one attached hydrogen (secondary N) is 1. The molecule has 110 valence electrons. The highest BCUT2D eigenvalue weighted by atomic mass is 16.5. The van der Waals surface area contributed by atoms with E-state index in [0.717, 1.165) is 36.0 Å². The number of methoxy groups -OCH3 is 1. The number of nitrogens with zero attached hydrogens (tertiary/aromatic N) is 1. The van der Waals surface area contributed by atoms with Crippen LogP contribution in [-0.2, 0) is 0 Å². The van der Waals surface area contributed by atoms with Crippen molar-refractivity contribution in [3.05, 3.63) is 48.5 Å². The summed E-state index contributed by atoms with van der Waals surface area (Å²) in [6, 6.07) is 16.1. The maximum atomic E-state index is 6.05. The fourth-order valence-electron chi connectivity index (χ4n) is 2.52. The summed E-state index contributed by atoms with van der Waals surface area (Å²) in [5.74, 6) is 1.79. The van der Waals surface area contributed by atoms with Crippen molar-refractivity contribution in [3.63, 3.8) is 0 Å². The van der Waals surface area contributed by atoms with Crippen molar-refractivity contribution in [2.75, 3.05) is 37.5 Å². The molecule has 0 spiro atoms. The summed E-state index contributed by atoms with van der Waals surface area (Å²) < 4.78 is 11.3. The third kappa shape index (κ3) is 3.05. The first-order valence-electron chi connectivity index (χ1n) is 7.11. The lowest BCUT2D eigenvalue weighted by Gasteiger charge is -2.31. The van der Waals surface area contributed by atoms with E-state index in [-0.39, 0.29) is 6.10 Å². The molecule has 1 N–H and O–H groups in total. The molecule has 4 nitrogen and oxygen atoms in total. The van der Waals surface area contributed by atoms with Gasteiger partial charge in [-0.05, 0) is 24.3 Å². The van der Waals surface area contributed by atoms with Crippen LogP contribution in [0.15, 0.2) is 48.5 Å². The van der Waals surface area contributed by atoms with Gasteiger partial charge in [0.25, 0.3) is 0 Å². The zero-order valence-corrected chi connectivity index (χ0v) is 12.4. The monoisotopic (exact) mass is 284 g/mol. The van der Waals surface area contributed by atoms with Gasteiger partial charge in [0, 0.05) is 18.8 Å². The first-order chi connectivity index (χ1) is 10.3. The van der Waals surface area contributed by atoms with Crippen LogP contribution in [-0.4, -0.2) is 33.4 Å². The van der Waals surface area contributed by atoms with Crippen molar-refractivity contribution >= 4 is 11.4 Å². The van der Waals surface area contributed by atoms with Crippen LogP contribution < -0.4 is 19.7 Å². The van der Waals surface area contributed by atoms with Crippen LogP contribution in [0.5, 0.6) is 11.5 Å². The van der Waals surface area contributed by atoms with Gasteiger partial charge in [0.15, 0.2) is 0 Å². The Kier molecular flexibility index (Phi) is 3.86. The lowest BCUT2D eigenvalue weighted by Crippen LogP contribution is -2.40. The predicted molar refractivity (Wildman–Crippen MR) is 85.6 cm³/mol. The molecule has 0 bridgehead atoms. The van der Waals surface area contributed by atoms with E-state index in [1.165, 1.54) is 0 Å². The highest BCUT2D eigenvalue weighted by Gasteiger charge is 2.20. The van der Waals surface area contributed by atoms with E-state index in [2.05, 4.69) is 23.3 Å². The van der Waals surface area contributed by atoms with E-state index in [4.69, 9.17) is 9.47 Å². The summed E-state index contributed by atoms with van der Waals surface area (Å²) in [5, 5.41) is 3.42. The molecule has 0 saturated carbocycles. The summed E-state index contributed by atoms with van der Waals surface area (Å²) >= 11 is 0. The van der Waals surface area contributed by atoms with Crippen LogP contribution in [0, 0.1) is 0 Å². The van der Waals surface area contributed by atoms with Crippen LogP contribution in [0.2, 0.25) is 0 Å². The van der Waals surface area contributed by atoms with Gasteiger partial charge in [-0.25, -0.2) is 0 Å². The number of fused-ring (bicyclic) bond motifs is 1. The van der Waals surface area contributed by atoms with Crippen LogP contribution >= 0.6 is 0 Å². The number of ether oxygens (including phenoxy) is 2. The first-order valence-corrected chi connectivity index (χ1v) is 7.11. The summed E-state index contributed by atoms with van der Waals surface area (Å²) in [6.45, 7) is 1.62. The zero-order chi connectivity index (χ0) is 14.7. The molecule has 3 rings (SSSR count). The number of benzene rings is 2. The van der Waals surface area contributed by atoms with Crippen LogP contribution in [0.1, 0.15) is 0 Å². The van der Waals surface area contributed by atoms with Crippen LogP contribution in [0.25, 0.3) is 0 Å². The Balaban J connectivity index is 1.67. The molecule has 1 heterocycles. The number of rotatable bonds is 4. The molecular weight excluding hydrogens is 264 g/mol. The van der Waals surface area contributed by atoms with Crippen molar-refractivity contribution < 1.29 is 9.47 Å². The second-order valence-electron chi connectivity index (χ2n) is 5.20. The molecule has 4 heteroatoms. The van der Waals surface area contributed by atoms with Gasteiger partial charge in [-0.15, -0.1) is 0 Å². The molecule has 1 unspecified atom stereocenters. The van der Waals surface area contributed by atoms with Gasteiger partial charge in [0.2, 0.25) is 0 Å². The van der Waals surface area contributed by atoms with Crippen LogP contribution in [0.4, 0.5) is 11.4 Å². The second kappa shape index (κ2) is 5.95. The van der Waals surface area contributed by atoms with E-state index in [9.17, 15) is 0 Å². The third-order valence-electron chi connectivity index (χ3n) is 3.67. The molecule has 1 aliphatic heterocycles. The SMILES string of the molecule is COc1cccc(N(C)CC2CNc3ccccc3O2)c1. The largest absolute Gasteiger partial charge is 0.497 e. The summed E-state index contributed by atoms with van der Waals surface area (Å²) in [7, 11) is 3.75. The molecule has 0 saturated heterocycles. The first kappa shape index (κ1) is 13.6. The smallest absolute Gasteiger partial charge is 0.143 e. The topological polar surface area (TPSA) is 33.7 Å². The molecular formula is C17H20N2O2. The average Bonchev–Trinajstić information content (AvgIpc) is 2.54. The zero-order valence-electron chi connectivity index (χ0n) is 12.4. The molecule has 0 aromatic heterocycles. The Morgan fingerprint density at radius 1 is 1.24 bits per heavy atom. The Morgan fingerprint density at radius 2 is 2.10 bits per heavy atom. The number of hydrogen-bond acceptors (Lipinski definition) is 4. The quantitative estimate of drug-likeness (QED) is 0.936. The Labute approximate surface area is 125 Å². The fourth-order valence-corrected chi connectivity index (χ4v) is 2.52. The maximum Gasteiger partial charge on any atom is 0.143 e. The van der Waals surface area contributed by atoms with Gasteiger partial charge < -0.3 is 19.7 Å². The lowest BCUT2D eigenvalue weighted by atomic mass is 10.2. The van der Waals surface area contributed by atoms with E-state index < -0.39 is 0 Å². The molecule has 2 aromatic carbocycles. The van der Waals surface area contributed by atoms with E-state index in [0.29, 0.717) is 0 Å².